The van der Waals surface area contributed by atoms with E-state index in [2.05, 4.69) is 5.32 Å². The molecule has 0 heterocycles. The predicted molar refractivity (Wildman–Crippen MR) is 152 cm³/mol. The maximum atomic E-state index is 13.9. The summed E-state index contributed by atoms with van der Waals surface area (Å²) < 4.78 is 42.0. The van der Waals surface area contributed by atoms with Crippen molar-refractivity contribution in [1.29, 1.82) is 0 Å². The van der Waals surface area contributed by atoms with E-state index in [1.165, 1.54) is 65.6 Å². The van der Waals surface area contributed by atoms with Crippen LogP contribution in [0.4, 0.5) is 10.1 Å². The van der Waals surface area contributed by atoms with Crippen molar-refractivity contribution < 1.29 is 22.4 Å². The molecule has 0 fully saturated rings. The van der Waals surface area contributed by atoms with E-state index in [0.29, 0.717) is 23.6 Å². The number of sulfonamides is 1. The van der Waals surface area contributed by atoms with Gasteiger partial charge in [0.05, 0.1) is 10.6 Å². The molecule has 0 unspecified atom stereocenters. The lowest BCUT2D eigenvalue weighted by Crippen LogP contribution is -2.52. The van der Waals surface area contributed by atoms with Crippen LogP contribution in [0, 0.1) is 5.82 Å². The molecule has 1 atom stereocenters. The molecule has 0 saturated heterocycles. The molecule has 7 nitrogen and oxygen atoms in total. The number of hydrogen-bond acceptors (Lipinski definition) is 4. The molecule has 11 heteroatoms. The number of rotatable bonds is 12. The van der Waals surface area contributed by atoms with Crippen LogP contribution in [0.5, 0.6) is 0 Å². The van der Waals surface area contributed by atoms with Crippen LogP contribution in [0.1, 0.15) is 32.3 Å². The van der Waals surface area contributed by atoms with E-state index >= 15 is 0 Å². The van der Waals surface area contributed by atoms with Gasteiger partial charge in [-0.25, -0.2) is 12.8 Å². The van der Waals surface area contributed by atoms with Crippen molar-refractivity contribution >= 4 is 50.7 Å². The summed E-state index contributed by atoms with van der Waals surface area (Å²) in [5, 5.41) is 3.45. The quantitative estimate of drug-likeness (QED) is 0.293. The van der Waals surface area contributed by atoms with Crippen LogP contribution < -0.4 is 9.62 Å². The standard InChI is InChI=1S/C28H30Cl2FN3O4S/c1-3-16-32-28(36)26(4-2)33(18-20-8-12-23(31)13-9-20)27(35)19-34(24-7-5-6-22(30)17-24)39(37,38)25-14-10-21(29)11-15-25/h5-15,17,26H,3-4,16,18-19H2,1-2H3,(H,32,36)/t26-/m1/s1. The van der Waals surface area contributed by atoms with Crippen LogP contribution in [0.15, 0.2) is 77.7 Å². The molecule has 3 aromatic carbocycles. The van der Waals surface area contributed by atoms with Crippen LogP contribution in [0.3, 0.4) is 0 Å². The van der Waals surface area contributed by atoms with Crippen molar-refractivity contribution in [3.8, 4) is 0 Å². The Bertz CT molecular complexity index is 1390. The van der Waals surface area contributed by atoms with E-state index in [0.717, 1.165) is 4.31 Å². The normalized spacial score (nSPS) is 12.0. The number of anilines is 1. The summed E-state index contributed by atoms with van der Waals surface area (Å²) in [5.41, 5.74) is 0.761. The number of carbonyl (C=O) groups is 2. The summed E-state index contributed by atoms with van der Waals surface area (Å²) in [7, 11) is -4.24. The second kappa shape index (κ2) is 13.8. The summed E-state index contributed by atoms with van der Waals surface area (Å²) in [6, 6.07) is 16.4. The van der Waals surface area contributed by atoms with Gasteiger partial charge in [-0.05, 0) is 73.0 Å². The van der Waals surface area contributed by atoms with Gasteiger partial charge in [-0.2, -0.15) is 0 Å². The molecule has 0 bridgehead atoms. The molecule has 3 rings (SSSR count). The third-order valence-electron chi connectivity index (χ3n) is 5.98. The third kappa shape index (κ3) is 7.94. The van der Waals surface area contributed by atoms with E-state index < -0.39 is 34.3 Å². The summed E-state index contributed by atoms with van der Waals surface area (Å²) in [6.45, 7) is 3.46. The third-order valence-corrected chi connectivity index (χ3v) is 8.25. The average molecular weight is 595 g/mol. The Morgan fingerprint density at radius 1 is 0.949 bits per heavy atom. The zero-order valence-electron chi connectivity index (χ0n) is 21.6. The van der Waals surface area contributed by atoms with E-state index in [1.807, 2.05) is 6.92 Å². The van der Waals surface area contributed by atoms with Crippen molar-refractivity contribution in [2.75, 3.05) is 17.4 Å². The summed E-state index contributed by atoms with van der Waals surface area (Å²) in [4.78, 5) is 28.2. The molecule has 0 saturated carbocycles. The van der Waals surface area contributed by atoms with Crippen LogP contribution in [-0.4, -0.2) is 44.3 Å². The maximum absolute atomic E-state index is 13.9. The SMILES string of the molecule is CCCNC(=O)[C@@H](CC)N(Cc1ccc(F)cc1)C(=O)CN(c1cccc(Cl)c1)S(=O)(=O)c1ccc(Cl)cc1. The van der Waals surface area contributed by atoms with Gasteiger partial charge >= 0.3 is 0 Å². The zero-order chi connectivity index (χ0) is 28.6. The predicted octanol–water partition coefficient (Wildman–Crippen LogP) is 5.66. The highest BCUT2D eigenvalue weighted by atomic mass is 35.5. The lowest BCUT2D eigenvalue weighted by molar-refractivity contribution is -0.140. The van der Waals surface area contributed by atoms with Gasteiger partial charge in [-0.3, -0.25) is 13.9 Å². The van der Waals surface area contributed by atoms with Gasteiger partial charge in [0.2, 0.25) is 11.8 Å². The Labute approximate surface area is 238 Å². The molecule has 2 amide bonds. The highest BCUT2D eigenvalue weighted by Crippen LogP contribution is 2.27. The van der Waals surface area contributed by atoms with Gasteiger partial charge in [-0.1, -0.05) is 55.2 Å². The number of amides is 2. The minimum absolute atomic E-state index is 0.0262. The van der Waals surface area contributed by atoms with E-state index in [1.54, 1.807) is 19.1 Å². The minimum Gasteiger partial charge on any atom is -0.354 e. The Morgan fingerprint density at radius 3 is 2.21 bits per heavy atom. The molecule has 39 heavy (non-hydrogen) atoms. The van der Waals surface area contributed by atoms with Gasteiger partial charge in [-0.15, -0.1) is 0 Å². The second-order valence-corrected chi connectivity index (χ2v) is 11.5. The molecule has 0 aromatic heterocycles. The highest BCUT2D eigenvalue weighted by Gasteiger charge is 2.33. The van der Waals surface area contributed by atoms with Crippen LogP contribution in [0.2, 0.25) is 10.0 Å². The monoisotopic (exact) mass is 593 g/mol. The average Bonchev–Trinajstić information content (AvgIpc) is 2.91. The van der Waals surface area contributed by atoms with E-state index in [-0.39, 0.29) is 34.5 Å². The Morgan fingerprint density at radius 2 is 1.62 bits per heavy atom. The summed E-state index contributed by atoms with van der Waals surface area (Å²) in [5.74, 6) is -1.41. The summed E-state index contributed by atoms with van der Waals surface area (Å²) >= 11 is 12.1. The van der Waals surface area contributed by atoms with Gasteiger partial charge in [0.1, 0.15) is 18.4 Å². The largest absolute Gasteiger partial charge is 0.354 e. The molecule has 0 aliphatic heterocycles. The Balaban J connectivity index is 2.04. The highest BCUT2D eigenvalue weighted by molar-refractivity contribution is 7.92. The first-order chi connectivity index (χ1) is 18.6. The lowest BCUT2D eigenvalue weighted by Gasteiger charge is -2.33. The van der Waals surface area contributed by atoms with Crippen LogP contribution in [-0.2, 0) is 26.2 Å². The molecule has 0 radical (unpaired) electrons. The number of nitrogens with zero attached hydrogens (tertiary/aromatic N) is 2. The van der Waals surface area contributed by atoms with Crippen LogP contribution in [0.25, 0.3) is 0 Å². The fourth-order valence-corrected chi connectivity index (χ4v) is 5.68. The molecule has 0 aliphatic carbocycles. The number of halogens is 3. The van der Waals surface area contributed by atoms with Crippen LogP contribution >= 0.6 is 23.2 Å². The molecule has 0 spiro atoms. The molecule has 208 valence electrons. The number of nitrogens with one attached hydrogen (secondary N) is 1. The second-order valence-electron chi connectivity index (χ2n) is 8.81. The molecule has 3 aromatic rings. The Hall–Kier alpha value is -3.14. The van der Waals surface area contributed by atoms with Gasteiger partial charge in [0, 0.05) is 23.1 Å². The topological polar surface area (TPSA) is 86.8 Å². The minimum atomic E-state index is -4.24. The van der Waals surface area contributed by atoms with Crippen molar-refractivity contribution in [1.82, 2.24) is 10.2 Å². The van der Waals surface area contributed by atoms with Gasteiger partial charge in [0.25, 0.3) is 10.0 Å². The van der Waals surface area contributed by atoms with Crippen molar-refractivity contribution in [2.45, 2.75) is 44.2 Å². The first kappa shape index (κ1) is 30.4. The van der Waals surface area contributed by atoms with Crippen molar-refractivity contribution in [3.05, 3.63) is 94.2 Å². The summed E-state index contributed by atoms with van der Waals surface area (Å²) in [6.07, 6.45) is 0.986. The zero-order valence-corrected chi connectivity index (χ0v) is 23.9. The van der Waals surface area contributed by atoms with Crippen molar-refractivity contribution in [2.24, 2.45) is 0 Å². The fourth-order valence-electron chi connectivity index (χ4n) is 3.97. The Kier molecular flexibility index (Phi) is 10.7. The van der Waals surface area contributed by atoms with E-state index in [9.17, 15) is 22.4 Å². The first-order valence-electron chi connectivity index (χ1n) is 12.4. The van der Waals surface area contributed by atoms with Crippen molar-refractivity contribution in [3.63, 3.8) is 0 Å². The smallest absolute Gasteiger partial charge is 0.264 e. The number of benzene rings is 3. The molecular weight excluding hydrogens is 564 g/mol. The van der Waals surface area contributed by atoms with Gasteiger partial charge in [0.15, 0.2) is 0 Å². The number of carbonyl (C=O) groups excluding carboxylic acids is 2. The van der Waals surface area contributed by atoms with Gasteiger partial charge < -0.3 is 10.2 Å². The first-order valence-corrected chi connectivity index (χ1v) is 14.6. The molecule has 0 aliphatic rings. The fraction of sp³-hybridized carbons (Fsp3) is 0.286. The molecular formula is C28H30Cl2FN3O4S. The van der Waals surface area contributed by atoms with E-state index in [4.69, 9.17) is 23.2 Å². The number of hydrogen-bond donors (Lipinski definition) is 1. The lowest BCUT2D eigenvalue weighted by atomic mass is 10.1. The maximum Gasteiger partial charge on any atom is 0.264 e. The molecule has 1 N–H and O–H groups in total.